The minimum Gasteiger partial charge on any atom is -0.371 e. The number of aromatic nitrogens is 3. The van der Waals surface area contributed by atoms with Crippen LogP contribution in [0.15, 0.2) is 17.5 Å². The third kappa shape index (κ3) is 2.31. The van der Waals surface area contributed by atoms with Crippen LogP contribution in [0, 0.1) is 0 Å². The maximum Gasteiger partial charge on any atom is 0.151 e. The third-order valence-corrected chi connectivity index (χ3v) is 3.76. The molecule has 17 heavy (non-hydrogen) atoms. The lowest BCUT2D eigenvalue weighted by Crippen LogP contribution is -1.95. The maximum absolute atomic E-state index is 5.70. The molecule has 88 valence electrons. The average molecular weight is 268 g/mol. The molecule has 2 aromatic heterocycles. The van der Waals surface area contributed by atoms with Gasteiger partial charge < -0.3 is 4.74 Å². The first-order valence-electron chi connectivity index (χ1n) is 5.39. The molecule has 0 bridgehead atoms. The van der Waals surface area contributed by atoms with E-state index in [1.807, 2.05) is 11.4 Å². The van der Waals surface area contributed by atoms with Crippen LogP contribution in [0.4, 0.5) is 0 Å². The molecule has 4 nitrogen and oxygen atoms in total. The van der Waals surface area contributed by atoms with Gasteiger partial charge in [0.25, 0.3) is 0 Å². The van der Waals surface area contributed by atoms with E-state index in [9.17, 15) is 0 Å². The van der Waals surface area contributed by atoms with Gasteiger partial charge in [0.15, 0.2) is 5.15 Å². The van der Waals surface area contributed by atoms with Crippen molar-refractivity contribution in [2.75, 3.05) is 6.61 Å². The average Bonchev–Trinajstić information content (AvgIpc) is 3.00. The molecular formula is C11H10ClN3OS. The molecule has 0 radical (unpaired) electrons. The summed E-state index contributed by atoms with van der Waals surface area (Å²) >= 11 is 7.31. The molecule has 0 N–H and O–H groups in total. The molecule has 0 aliphatic carbocycles. The molecule has 0 amide bonds. The summed E-state index contributed by atoms with van der Waals surface area (Å²) in [6.45, 7) is 0.834. The molecule has 2 aromatic rings. The summed E-state index contributed by atoms with van der Waals surface area (Å²) in [6, 6.07) is 3.54. The van der Waals surface area contributed by atoms with Crippen molar-refractivity contribution < 1.29 is 4.74 Å². The highest BCUT2D eigenvalue weighted by molar-refractivity contribution is 7.10. The van der Waals surface area contributed by atoms with E-state index >= 15 is 0 Å². The van der Waals surface area contributed by atoms with Crippen LogP contribution in [0.1, 0.15) is 24.0 Å². The Morgan fingerprint density at radius 1 is 1.29 bits per heavy atom. The minimum atomic E-state index is 0.161. The Balaban J connectivity index is 1.86. The Labute approximate surface area is 108 Å². The lowest BCUT2D eigenvalue weighted by atomic mass is 10.2. The molecule has 6 heteroatoms. The molecular weight excluding hydrogens is 258 g/mol. The van der Waals surface area contributed by atoms with E-state index in [0.29, 0.717) is 5.15 Å². The molecule has 0 aromatic carbocycles. The van der Waals surface area contributed by atoms with Gasteiger partial charge in [0.2, 0.25) is 0 Å². The van der Waals surface area contributed by atoms with E-state index in [2.05, 4.69) is 15.2 Å². The molecule has 0 saturated carbocycles. The lowest BCUT2D eigenvalue weighted by Gasteiger charge is -2.03. The first-order chi connectivity index (χ1) is 8.33. The Morgan fingerprint density at radius 2 is 2.24 bits per heavy atom. The van der Waals surface area contributed by atoms with E-state index in [1.54, 1.807) is 17.4 Å². The number of hydrogen-bond donors (Lipinski definition) is 0. The van der Waals surface area contributed by atoms with Crippen LogP contribution < -0.4 is 0 Å². The summed E-state index contributed by atoms with van der Waals surface area (Å²) < 4.78 is 5.60. The molecule has 1 saturated heterocycles. The second-order valence-electron chi connectivity index (χ2n) is 3.81. The van der Waals surface area contributed by atoms with Crippen LogP contribution in [-0.4, -0.2) is 21.8 Å². The quantitative estimate of drug-likeness (QED) is 0.839. The van der Waals surface area contributed by atoms with Crippen molar-refractivity contribution in [3.8, 4) is 11.4 Å². The van der Waals surface area contributed by atoms with Gasteiger partial charge in [-0.3, -0.25) is 0 Å². The third-order valence-electron chi connectivity index (χ3n) is 2.62. The number of rotatable bonds is 2. The largest absolute Gasteiger partial charge is 0.371 e. The van der Waals surface area contributed by atoms with Gasteiger partial charge in [0.1, 0.15) is 22.5 Å². The first-order valence-corrected chi connectivity index (χ1v) is 6.65. The van der Waals surface area contributed by atoms with Crippen molar-refractivity contribution in [2.45, 2.75) is 18.9 Å². The fraction of sp³-hybridized carbons (Fsp3) is 0.364. The SMILES string of the molecule is Clc1ccc(-c2csc([C@H]3CCCO3)n2)nn1. The second kappa shape index (κ2) is 4.68. The van der Waals surface area contributed by atoms with Gasteiger partial charge in [0, 0.05) is 12.0 Å². The highest BCUT2D eigenvalue weighted by Gasteiger charge is 2.21. The van der Waals surface area contributed by atoms with Crippen molar-refractivity contribution in [2.24, 2.45) is 0 Å². The normalized spacial score (nSPS) is 19.7. The van der Waals surface area contributed by atoms with E-state index in [0.717, 1.165) is 35.8 Å². The van der Waals surface area contributed by atoms with Crippen LogP contribution in [0.25, 0.3) is 11.4 Å². The summed E-state index contributed by atoms with van der Waals surface area (Å²) in [7, 11) is 0. The summed E-state index contributed by atoms with van der Waals surface area (Å²) in [5.74, 6) is 0. The van der Waals surface area contributed by atoms with Gasteiger partial charge in [-0.05, 0) is 25.0 Å². The summed E-state index contributed by atoms with van der Waals surface area (Å²) in [6.07, 6.45) is 2.33. The molecule has 0 unspecified atom stereocenters. The number of hydrogen-bond acceptors (Lipinski definition) is 5. The number of ether oxygens (including phenoxy) is 1. The fourth-order valence-electron chi connectivity index (χ4n) is 1.78. The fourth-order valence-corrected chi connectivity index (χ4v) is 2.77. The van der Waals surface area contributed by atoms with E-state index in [4.69, 9.17) is 16.3 Å². The monoisotopic (exact) mass is 267 g/mol. The first kappa shape index (κ1) is 11.1. The van der Waals surface area contributed by atoms with E-state index in [-0.39, 0.29) is 6.10 Å². The highest BCUT2D eigenvalue weighted by Crippen LogP contribution is 2.32. The van der Waals surface area contributed by atoms with Crippen LogP contribution in [0.2, 0.25) is 5.15 Å². The van der Waals surface area contributed by atoms with Gasteiger partial charge in [-0.25, -0.2) is 4.98 Å². The van der Waals surface area contributed by atoms with Gasteiger partial charge in [-0.2, -0.15) is 0 Å². The Morgan fingerprint density at radius 3 is 2.94 bits per heavy atom. The topological polar surface area (TPSA) is 47.9 Å². The molecule has 1 fully saturated rings. The molecule has 1 aliphatic rings. The summed E-state index contributed by atoms with van der Waals surface area (Å²) in [5, 5.41) is 11.2. The van der Waals surface area contributed by atoms with Crippen LogP contribution in [0.5, 0.6) is 0 Å². The smallest absolute Gasteiger partial charge is 0.151 e. The van der Waals surface area contributed by atoms with Gasteiger partial charge in [0.05, 0.1) is 0 Å². The lowest BCUT2D eigenvalue weighted by molar-refractivity contribution is 0.112. The Bertz CT molecular complexity index is 508. The molecule has 3 heterocycles. The maximum atomic E-state index is 5.70. The summed E-state index contributed by atoms with van der Waals surface area (Å²) in [4.78, 5) is 4.54. The van der Waals surface area contributed by atoms with Crippen molar-refractivity contribution in [3.63, 3.8) is 0 Å². The zero-order chi connectivity index (χ0) is 11.7. The highest BCUT2D eigenvalue weighted by atomic mass is 35.5. The van der Waals surface area contributed by atoms with Gasteiger partial charge >= 0.3 is 0 Å². The zero-order valence-corrected chi connectivity index (χ0v) is 10.5. The van der Waals surface area contributed by atoms with Crippen LogP contribution in [-0.2, 0) is 4.74 Å². The van der Waals surface area contributed by atoms with Crippen molar-refractivity contribution in [1.82, 2.24) is 15.2 Å². The van der Waals surface area contributed by atoms with Gasteiger partial charge in [-0.1, -0.05) is 11.6 Å². The van der Waals surface area contributed by atoms with E-state index < -0.39 is 0 Å². The van der Waals surface area contributed by atoms with Crippen LogP contribution in [0.3, 0.4) is 0 Å². The van der Waals surface area contributed by atoms with Crippen molar-refractivity contribution in [3.05, 3.63) is 27.7 Å². The van der Waals surface area contributed by atoms with E-state index in [1.165, 1.54) is 0 Å². The van der Waals surface area contributed by atoms with Gasteiger partial charge in [-0.15, -0.1) is 21.5 Å². The number of nitrogens with zero attached hydrogens (tertiary/aromatic N) is 3. The standard InChI is InChI=1S/C11H10ClN3OS/c12-10-4-3-7(14-15-10)8-6-17-11(13-8)9-2-1-5-16-9/h3-4,6,9H,1-2,5H2/t9-/m1/s1. The molecule has 0 spiro atoms. The molecule has 1 aliphatic heterocycles. The van der Waals surface area contributed by atoms with Crippen molar-refractivity contribution in [1.29, 1.82) is 0 Å². The van der Waals surface area contributed by atoms with Crippen molar-refractivity contribution >= 4 is 22.9 Å². The molecule has 1 atom stereocenters. The summed E-state index contributed by atoms with van der Waals surface area (Å²) in [5.41, 5.74) is 1.58. The molecule has 3 rings (SSSR count). The minimum absolute atomic E-state index is 0.161. The predicted octanol–water partition coefficient (Wildman–Crippen LogP) is 3.11. The zero-order valence-electron chi connectivity index (χ0n) is 8.97. The number of thiazole rings is 1. The van der Waals surface area contributed by atoms with Crippen LogP contribution >= 0.6 is 22.9 Å². The second-order valence-corrected chi connectivity index (χ2v) is 5.09. The Hall–Kier alpha value is -1.04. The predicted molar refractivity (Wildman–Crippen MR) is 66.1 cm³/mol. The Kier molecular flexibility index (Phi) is 3.05. The number of halogens is 1.